The van der Waals surface area contributed by atoms with Gasteiger partial charge in [0.2, 0.25) is 0 Å². The number of rotatable bonds is 3. The lowest BCUT2D eigenvalue weighted by Crippen LogP contribution is -2.32. The van der Waals surface area contributed by atoms with Crippen LogP contribution in [0.1, 0.15) is 44.2 Å². The average molecular weight is 294 g/mol. The van der Waals surface area contributed by atoms with Gasteiger partial charge in [-0.3, -0.25) is 0 Å². The molecule has 2 heteroatoms. The fraction of sp³-hybridized carbons (Fsp3) is 0.400. The molecule has 0 radical (unpaired) electrons. The van der Waals surface area contributed by atoms with Crippen LogP contribution in [-0.2, 0) is 0 Å². The molecule has 0 bridgehead atoms. The Morgan fingerprint density at radius 2 is 2.09 bits per heavy atom. The minimum absolute atomic E-state index is 0.850. The van der Waals surface area contributed by atoms with Gasteiger partial charge >= 0.3 is 0 Å². The molecule has 2 heterocycles. The maximum absolute atomic E-state index is 3.91. The molecule has 1 fully saturated rings. The van der Waals surface area contributed by atoms with Crippen LogP contribution in [-0.4, -0.2) is 18.0 Å². The van der Waals surface area contributed by atoms with Crippen LogP contribution < -0.4 is 5.32 Å². The van der Waals surface area contributed by atoms with Crippen molar-refractivity contribution >= 4 is 17.5 Å². The third-order valence-corrected chi connectivity index (χ3v) is 4.67. The van der Waals surface area contributed by atoms with Crippen LogP contribution in [0.15, 0.2) is 42.6 Å². The van der Waals surface area contributed by atoms with Gasteiger partial charge in [-0.25, -0.2) is 0 Å². The smallest absolute Gasteiger partial charge is 0.0481 e. The molecular weight excluding hydrogens is 268 g/mol. The van der Waals surface area contributed by atoms with E-state index in [0.29, 0.717) is 0 Å². The molecule has 0 atom stereocenters. The fourth-order valence-electron chi connectivity index (χ4n) is 3.27. The molecule has 0 unspecified atom stereocenters. The highest BCUT2D eigenvalue weighted by molar-refractivity contribution is 5.83. The van der Waals surface area contributed by atoms with E-state index < -0.39 is 0 Å². The van der Waals surface area contributed by atoms with Gasteiger partial charge in [-0.15, -0.1) is 0 Å². The first-order valence-corrected chi connectivity index (χ1v) is 8.42. The average Bonchev–Trinajstić information content (AvgIpc) is 2.55. The van der Waals surface area contributed by atoms with E-state index >= 15 is 0 Å². The number of hydrogen-bond acceptors (Lipinski definition) is 2. The molecule has 1 aromatic rings. The Kier molecular flexibility index (Phi) is 4.37. The second-order valence-electron chi connectivity index (χ2n) is 6.40. The first-order valence-electron chi connectivity index (χ1n) is 8.42. The molecule has 1 saturated heterocycles. The van der Waals surface area contributed by atoms with E-state index in [2.05, 4.69) is 61.0 Å². The standard InChI is InChI=1S/C20H26N2/c1-4-6-17-14-20(22-11-9-15(3)10-12-22)18-13-16(5-2)7-8-19(18)21-17/h5-8,13-15,21H,2,4,9-12H2,1,3H3/b17-6-. The van der Waals surface area contributed by atoms with Gasteiger partial charge in [-0.1, -0.05) is 38.6 Å². The van der Waals surface area contributed by atoms with Crippen molar-refractivity contribution in [2.75, 3.05) is 18.4 Å². The van der Waals surface area contributed by atoms with Crippen LogP contribution in [0, 0.1) is 5.92 Å². The molecule has 22 heavy (non-hydrogen) atoms. The van der Waals surface area contributed by atoms with Crippen molar-refractivity contribution in [2.24, 2.45) is 5.92 Å². The van der Waals surface area contributed by atoms with Gasteiger partial charge in [0.05, 0.1) is 0 Å². The van der Waals surface area contributed by atoms with Crippen molar-refractivity contribution in [3.8, 4) is 0 Å². The van der Waals surface area contributed by atoms with E-state index in [0.717, 1.165) is 25.4 Å². The first-order chi connectivity index (χ1) is 10.7. The Morgan fingerprint density at radius 1 is 1.32 bits per heavy atom. The molecule has 0 amide bonds. The zero-order valence-electron chi connectivity index (χ0n) is 13.7. The minimum atomic E-state index is 0.850. The number of allylic oxidation sites excluding steroid dienone is 2. The van der Waals surface area contributed by atoms with Crippen LogP contribution in [0.3, 0.4) is 0 Å². The maximum atomic E-state index is 3.91. The van der Waals surface area contributed by atoms with Gasteiger partial charge in [-0.05, 0) is 49.0 Å². The summed E-state index contributed by atoms with van der Waals surface area (Å²) in [5, 5.41) is 3.55. The molecule has 0 aromatic heterocycles. The molecule has 1 aromatic carbocycles. The molecule has 2 aliphatic rings. The molecule has 0 spiro atoms. The Morgan fingerprint density at radius 3 is 2.77 bits per heavy atom. The highest BCUT2D eigenvalue weighted by atomic mass is 15.1. The summed E-state index contributed by atoms with van der Waals surface area (Å²) in [7, 11) is 0. The lowest BCUT2D eigenvalue weighted by atomic mass is 9.95. The third kappa shape index (κ3) is 2.96. The summed E-state index contributed by atoms with van der Waals surface area (Å²) in [4.78, 5) is 2.55. The van der Waals surface area contributed by atoms with Crippen LogP contribution in [0.5, 0.6) is 0 Å². The maximum Gasteiger partial charge on any atom is 0.0481 e. The Bertz CT molecular complexity index is 617. The van der Waals surface area contributed by atoms with Crippen LogP contribution in [0.2, 0.25) is 0 Å². The van der Waals surface area contributed by atoms with Gasteiger partial charge in [0, 0.05) is 35.7 Å². The number of nitrogens with zero attached hydrogens (tertiary/aromatic N) is 1. The Hall–Kier alpha value is -1.96. The van der Waals surface area contributed by atoms with Crippen LogP contribution in [0.4, 0.5) is 5.69 Å². The normalized spacial score (nSPS) is 20.4. The molecular formula is C20H26N2. The van der Waals surface area contributed by atoms with E-state index in [4.69, 9.17) is 0 Å². The van der Waals surface area contributed by atoms with Gasteiger partial charge in [0.1, 0.15) is 0 Å². The number of benzene rings is 1. The Labute approximate surface area is 134 Å². The van der Waals surface area contributed by atoms with Gasteiger partial charge in [-0.2, -0.15) is 0 Å². The largest absolute Gasteiger partial charge is 0.371 e. The molecule has 1 N–H and O–H groups in total. The highest BCUT2D eigenvalue weighted by Gasteiger charge is 2.23. The quantitative estimate of drug-likeness (QED) is 0.832. The van der Waals surface area contributed by atoms with E-state index in [1.165, 1.54) is 41.1 Å². The number of piperidine rings is 1. The lowest BCUT2D eigenvalue weighted by molar-refractivity contribution is 0.268. The van der Waals surface area contributed by atoms with Crippen molar-refractivity contribution in [3.63, 3.8) is 0 Å². The summed E-state index contributed by atoms with van der Waals surface area (Å²) in [6.07, 6.45) is 10.1. The molecule has 3 rings (SSSR count). The topological polar surface area (TPSA) is 15.3 Å². The first kappa shape index (κ1) is 15.0. The lowest BCUT2D eigenvalue weighted by Gasteiger charge is -2.36. The van der Waals surface area contributed by atoms with Gasteiger partial charge in [0.25, 0.3) is 0 Å². The summed E-state index contributed by atoms with van der Waals surface area (Å²) in [5.74, 6) is 0.850. The van der Waals surface area contributed by atoms with Crippen molar-refractivity contribution in [2.45, 2.75) is 33.1 Å². The van der Waals surface area contributed by atoms with E-state index in [9.17, 15) is 0 Å². The fourth-order valence-corrected chi connectivity index (χ4v) is 3.27. The SMILES string of the molecule is C=Cc1ccc2c(c1)C(N1CCC(C)CC1)=C/C(=C/CC)N2. The predicted octanol–water partition coefficient (Wildman–Crippen LogP) is 5.12. The third-order valence-electron chi connectivity index (χ3n) is 4.67. The number of likely N-dealkylation sites (tertiary alicyclic amines) is 1. The number of nitrogens with one attached hydrogen (secondary N) is 1. The van der Waals surface area contributed by atoms with E-state index in [1.54, 1.807) is 0 Å². The molecule has 0 aliphatic carbocycles. The predicted molar refractivity (Wildman–Crippen MR) is 96.5 cm³/mol. The summed E-state index contributed by atoms with van der Waals surface area (Å²) in [6, 6.07) is 6.56. The van der Waals surface area contributed by atoms with Gasteiger partial charge in [0.15, 0.2) is 0 Å². The summed E-state index contributed by atoms with van der Waals surface area (Å²) in [5.41, 5.74) is 6.28. The number of hydrogen-bond donors (Lipinski definition) is 1. The summed E-state index contributed by atoms with van der Waals surface area (Å²) in [6.45, 7) is 10.8. The number of fused-ring (bicyclic) bond motifs is 1. The monoisotopic (exact) mass is 294 g/mol. The zero-order valence-corrected chi connectivity index (χ0v) is 13.7. The Balaban J connectivity index is 2.00. The van der Waals surface area contributed by atoms with Crippen LogP contribution >= 0.6 is 0 Å². The molecule has 116 valence electrons. The van der Waals surface area contributed by atoms with Crippen molar-refractivity contribution in [3.05, 3.63) is 53.8 Å². The van der Waals surface area contributed by atoms with Crippen molar-refractivity contribution in [1.29, 1.82) is 0 Å². The molecule has 2 nitrogen and oxygen atoms in total. The minimum Gasteiger partial charge on any atom is -0.371 e. The summed E-state index contributed by atoms with van der Waals surface area (Å²) >= 11 is 0. The van der Waals surface area contributed by atoms with Crippen molar-refractivity contribution < 1.29 is 0 Å². The van der Waals surface area contributed by atoms with Gasteiger partial charge < -0.3 is 10.2 Å². The highest BCUT2D eigenvalue weighted by Crippen LogP contribution is 2.36. The zero-order chi connectivity index (χ0) is 15.5. The second-order valence-corrected chi connectivity index (χ2v) is 6.40. The van der Waals surface area contributed by atoms with E-state index in [-0.39, 0.29) is 0 Å². The molecule has 2 aliphatic heterocycles. The van der Waals surface area contributed by atoms with Crippen LogP contribution in [0.25, 0.3) is 11.8 Å². The number of anilines is 1. The molecule has 0 saturated carbocycles. The summed E-state index contributed by atoms with van der Waals surface area (Å²) < 4.78 is 0. The second kappa shape index (κ2) is 6.43. The van der Waals surface area contributed by atoms with E-state index in [1.807, 2.05) is 6.08 Å². The van der Waals surface area contributed by atoms with Crippen molar-refractivity contribution in [1.82, 2.24) is 4.90 Å².